The van der Waals surface area contributed by atoms with Crippen LogP contribution in [0.4, 0.5) is 5.82 Å². The van der Waals surface area contributed by atoms with Gasteiger partial charge in [0.1, 0.15) is 12.1 Å². The Morgan fingerprint density at radius 3 is 2.57 bits per heavy atom. The van der Waals surface area contributed by atoms with Crippen LogP contribution in [0.15, 0.2) is 70.4 Å². The van der Waals surface area contributed by atoms with E-state index in [4.69, 9.17) is 0 Å². The molecule has 0 aliphatic carbocycles. The van der Waals surface area contributed by atoms with E-state index in [0.717, 1.165) is 21.1 Å². The van der Waals surface area contributed by atoms with Gasteiger partial charge in [-0.2, -0.15) is 5.10 Å². The minimum atomic E-state index is -3.46. The smallest absolute Gasteiger partial charge is 0.240 e. The Kier molecular flexibility index (Phi) is 5.54. The predicted molar refractivity (Wildman–Crippen MR) is 119 cm³/mol. The molecule has 4 rings (SSSR count). The van der Waals surface area contributed by atoms with Crippen LogP contribution in [0.25, 0.3) is 16.7 Å². The number of nitrogens with zero attached hydrogens (tertiary/aromatic N) is 4. The number of halogens is 1. The number of rotatable bonds is 6. The van der Waals surface area contributed by atoms with Crippen molar-refractivity contribution in [1.82, 2.24) is 24.5 Å². The fraction of sp³-hybridized carbons (Fsp3) is 0.150. The highest BCUT2D eigenvalue weighted by atomic mass is 79.9. The molecule has 1 unspecified atom stereocenters. The van der Waals surface area contributed by atoms with Gasteiger partial charge in [-0.15, -0.1) is 0 Å². The van der Waals surface area contributed by atoms with Crippen LogP contribution in [0.2, 0.25) is 0 Å². The highest BCUT2D eigenvalue weighted by molar-refractivity contribution is 9.10. The van der Waals surface area contributed by atoms with Crippen LogP contribution < -0.4 is 10.0 Å². The van der Waals surface area contributed by atoms with Crippen LogP contribution in [-0.2, 0) is 10.0 Å². The first-order valence-corrected chi connectivity index (χ1v) is 11.4. The van der Waals surface area contributed by atoms with E-state index in [2.05, 4.69) is 41.0 Å². The van der Waals surface area contributed by atoms with E-state index < -0.39 is 10.0 Å². The number of anilines is 1. The van der Waals surface area contributed by atoms with Crippen molar-refractivity contribution in [1.29, 1.82) is 0 Å². The zero-order valence-corrected chi connectivity index (χ0v) is 18.6. The average Bonchev–Trinajstić information content (AvgIpc) is 3.19. The summed E-state index contributed by atoms with van der Waals surface area (Å²) >= 11 is 3.48. The summed E-state index contributed by atoms with van der Waals surface area (Å²) in [6.45, 7) is 1.98. The molecule has 0 saturated heterocycles. The molecule has 4 aromatic rings. The summed E-state index contributed by atoms with van der Waals surface area (Å²) in [5.41, 5.74) is 2.50. The van der Waals surface area contributed by atoms with Gasteiger partial charge in [-0.1, -0.05) is 34.1 Å². The highest BCUT2D eigenvalue weighted by Gasteiger charge is 2.15. The Balaban J connectivity index is 1.63. The third kappa shape index (κ3) is 3.93. The molecule has 0 amide bonds. The maximum atomic E-state index is 11.9. The molecule has 0 bridgehead atoms. The third-order valence-electron chi connectivity index (χ3n) is 4.73. The van der Waals surface area contributed by atoms with Crippen molar-refractivity contribution >= 4 is 42.8 Å². The summed E-state index contributed by atoms with van der Waals surface area (Å²) in [5, 5.41) is 8.64. The minimum Gasteiger partial charge on any atom is -0.363 e. The number of benzene rings is 2. The van der Waals surface area contributed by atoms with E-state index in [1.54, 1.807) is 35.1 Å². The summed E-state index contributed by atoms with van der Waals surface area (Å²) in [4.78, 5) is 9.00. The van der Waals surface area contributed by atoms with Crippen LogP contribution in [-0.4, -0.2) is 35.2 Å². The Morgan fingerprint density at radius 1 is 1.10 bits per heavy atom. The van der Waals surface area contributed by atoms with Gasteiger partial charge in [0.15, 0.2) is 5.65 Å². The van der Waals surface area contributed by atoms with Gasteiger partial charge < -0.3 is 5.32 Å². The SMILES string of the molecule is CNS(=O)(=O)c1ccc(C(C)Nc2ncnc3c2cnn3-c2cccc(Br)c2)cc1. The molecule has 154 valence electrons. The van der Waals surface area contributed by atoms with Crippen molar-refractivity contribution in [3.8, 4) is 5.69 Å². The number of nitrogens with one attached hydrogen (secondary N) is 2. The largest absolute Gasteiger partial charge is 0.363 e. The lowest BCUT2D eigenvalue weighted by molar-refractivity contribution is 0.588. The fourth-order valence-electron chi connectivity index (χ4n) is 3.10. The number of hydrogen-bond donors (Lipinski definition) is 2. The maximum Gasteiger partial charge on any atom is 0.240 e. The Hall–Kier alpha value is -2.82. The van der Waals surface area contributed by atoms with Crippen molar-refractivity contribution in [2.45, 2.75) is 17.9 Å². The standard InChI is InChI=1S/C20H19BrN6O2S/c1-13(14-6-8-17(9-7-14)30(28,29)22-2)26-19-18-11-25-27(20(18)24-12-23-19)16-5-3-4-15(21)10-16/h3-13,22H,1-2H3,(H,23,24,26). The lowest BCUT2D eigenvalue weighted by Gasteiger charge is -2.16. The van der Waals surface area contributed by atoms with Gasteiger partial charge in [-0.3, -0.25) is 0 Å². The number of sulfonamides is 1. The van der Waals surface area contributed by atoms with Crippen molar-refractivity contribution in [3.05, 3.63) is 71.1 Å². The molecular formula is C20H19BrN6O2S. The van der Waals surface area contributed by atoms with Crippen LogP contribution in [0.1, 0.15) is 18.5 Å². The van der Waals surface area contributed by atoms with Crippen molar-refractivity contribution in [2.24, 2.45) is 0 Å². The number of fused-ring (bicyclic) bond motifs is 1. The normalized spacial score (nSPS) is 12.8. The first kappa shape index (κ1) is 20.5. The Labute approximate surface area is 182 Å². The third-order valence-corrected chi connectivity index (χ3v) is 6.65. The van der Waals surface area contributed by atoms with Crippen LogP contribution in [0.5, 0.6) is 0 Å². The van der Waals surface area contributed by atoms with Crippen LogP contribution in [0.3, 0.4) is 0 Å². The van der Waals surface area contributed by atoms with Crippen molar-refractivity contribution < 1.29 is 8.42 Å². The minimum absolute atomic E-state index is 0.108. The molecule has 2 N–H and O–H groups in total. The van der Waals surface area contributed by atoms with Crippen LogP contribution >= 0.6 is 15.9 Å². The first-order valence-electron chi connectivity index (χ1n) is 9.14. The average molecular weight is 487 g/mol. The van der Waals surface area contributed by atoms with E-state index in [9.17, 15) is 8.42 Å². The summed E-state index contributed by atoms with van der Waals surface area (Å²) in [6.07, 6.45) is 3.23. The predicted octanol–water partition coefficient (Wildman–Crippen LogP) is 3.66. The molecule has 1 atom stereocenters. The molecule has 8 nitrogen and oxygen atoms in total. The molecule has 2 aromatic carbocycles. The van der Waals surface area contributed by atoms with Gasteiger partial charge in [0.2, 0.25) is 10.0 Å². The molecule has 0 radical (unpaired) electrons. The van der Waals surface area contributed by atoms with E-state index in [0.29, 0.717) is 11.5 Å². The van der Waals surface area contributed by atoms with Gasteiger partial charge in [0.25, 0.3) is 0 Å². The highest BCUT2D eigenvalue weighted by Crippen LogP contribution is 2.26. The zero-order chi connectivity index (χ0) is 21.3. The molecule has 2 heterocycles. The summed E-state index contributed by atoms with van der Waals surface area (Å²) in [7, 11) is -2.07. The Morgan fingerprint density at radius 2 is 1.87 bits per heavy atom. The van der Waals surface area contributed by atoms with Gasteiger partial charge in [-0.05, 0) is 49.9 Å². The van der Waals surface area contributed by atoms with Crippen LogP contribution in [0, 0.1) is 0 Å². The van der Waals surface area contributed by atoms with E-state index >= 15 is 0 Å². The van der Waals surface area contributed by atoms with Gasteiger partial charge in [0, 0.05) is 10.5 Å². The van der Waals surface area contributed by atoms with Gasteiger partial charge in [-0.25, -0.2) is 27.8 Å². The van der Waals surface area contributed by atoms with E-state index in [-0.39, 0.29) is 10.9 Å². The second-order valence-corrected chi connectivity index (χ2v) is 9.44. The molecular weight excluding hydrogens is 468 g/mol. The van der Waals surface area contributed by atoms with Crippen molar-refractivity contribution in [2.75, 3.05) is 12.4 Å². The first-order chi connectivity index (χ1) is 14.4. The molecule has 0 saturated carbocycles. The molecule has 2 aromatic heterocycles. The second kappa shape index (κ2) is 8.13. The monoisotopic (exact) mass is 486 g/mol. The lowest BCUT2D eigenvalue weighted by Crippen LogP contribution is -2.18. The molecule has 30 heavy (non-hydrogen) atoms. The molecule has 0 spiro atoms. The van der Waals surface area contributed by atoms with E-state index in [1.807, 2.05) is 31.2 Å². The molecule has 10 heteroatoms. The summed E-state index contributed by atoms with van der Waals surface area (Å²) in [6, 6.07) is 14.4. The number of aromatic nitrogens is 4. The summed E-state index contributed by atoms with van der Waals surface area (Å²) < 4.78 is 28.8. The van der Waals surface area contributed by atoms with E-state index in [1.165, 1.54) is 13.4 Å². The molecule has 0 aliphatic rings. The van der Waals surface area contributed by atoms with Crippen molar-refractivity contribution in [3.63, 3.8) is 0 Å². The number of hydrogen-bond acceptors (Lipinski definition) is 6. The summed E-state index contributed by atoms with van der Waals surface area (Å²) in [5.74, 6) is 0.653. The maximum absolute atomic E-state index is 11.9. The van der Waals surface area contributed by atoms with Gasteiger partial charge >= 0.3 is 0 Å². The lowest BCUT2D eigenvalue weighted by atomic mass is 10.1. The topological polar surface area (TPSA) is 102 Å². The quantitative estimate of drug-likeness (QED) is 0.431. The van der Waals surface area contributed by atoms with Gasteiger partial charge in [0.05, 0.1) is 22.2 Å². The second-order valence-electron chi connectivity index (χ2n) is 6.64. The molecule has 0 fully saturated rings. The fourth-order valence-corrected chi connectivity index (χ4v) is 4.22. The zero-order valence-electron chi connectivity index (χ0n) is 16.2. The Bertz CT molecular complexity index is 1300. The molecule has 0 aliphatic heterocycles.